The smallest absolute Gasteiger partial charge is 0.341 e. The number of nitrogens with two attached hydrogens (primary N) is 1. The third-order valence-corrected chi connectivity index (χ3v) is 4.08. The maximum atomic E-state index is 12.9. The van der Waals surface area contributed by atoms with E-state index in [0.29, 0.717) is 11.0 Å². The van der Waals surface area contributed by atoms with Gasteiger partial charge in [0.05, 0.1) is 17.4 Å². The van der Waals surface area contributed by atoms with Gasteiger partial charge >= 0.3 is 5.97 Å². The number of rotatable bonds is 2. The van der Waals surface area contributed by atoms with Gasteiger partial charge in [0.1, 0.15) is 17.0 Å². The molecule has 0 unspecified atom stereocenters. The van der Waals surface area contributed by atoms with Crippen LogP contribution in [0.1, 0.15) is 17.3 Å². The van der Waals surface area contributed by atoms with E-state index in [2.05, 4.69) is 4.98 Å². The van der Waals surface area contributed by atoms with Gasteiger partial charge in [-0.1, -0.05) is 30.3 Å². The number of hydrogen-bond acceptors (Lipinski definition) is 6. The molecule has 124 valence electrons. The summed E-state index contributed by atoms with van der Waals surface area (Å²) in [5.41, 5.74) is 6.19. The van der Waals surface area contributed by atoms with Crippen molar-refractivity contribution in [1.82, 2.24) is 4.98 Å². The van der Waals surface area contributed by atoms with Crippen molar-refractivity contribution in [2.75, 3.05) is 12.3 Å². The molecule has 25 heavy (non-hydrogen) atoms. The normalized spacial score (nSPS) is 11.2. The summed E-state index contributed by atoms with van der Waals surface area (Å²) < 4.78 is 10.8. The Morgan fingerprint density at radius 2 is 1.96 bits per heavy atom. The Balaban J connectivity index is 2.10. The van der Waals surface area contributed by atoms with Crippen molar-refractivity contribution >= 4 is 44.6 Å². The van der Waals surface area contributed by atoms with Crippen molar-refractivity contribution in [3.8, 4) is 0 Å². The largest absolute Gasteiger partial charge is 0.462 e. The van der Waals surface area contributed by atoms with Crippen molar-refractivity contribution in [3.05, 3.63) is 58.3 Å². The highest BCUT2D eigenvalue weighted by Gasteiger charge is 2.18. The monoisotopic (exact) mass is 334 g/mol. The van der Waals surface area contributed by atoms with Gasteiger partial charge in [-0.05, 0) is 24.4 Å². The Bertz CT molecular complexity index is 1210. The molecular weight excluding hydrogens is 320 g/mol. The molecule has 0 spiro atoms. The Labute approximate surface area is 141 Å². The van der Waals surface area contributed by atoms with E-state index >= 15 is 0 Å². The number of pyridine rings is 1. The SMILES string of the molecule is CCOC(=O)c1cc2c(=O)c3ccc4ccccc4c3oc2nc1N. The summed E-state index contributed by atoms with van der Waals surface area (Å²) in [6.45, 7) is 1.89. The van der Waals surface area contributed by atoms with Gasteiger partial charge in [0.2, 0.25) is 11.1 Å². The lowest BCUT2D eigenvalue weighted by Gasteiger charge is -2.08. The van der Waals surface area contributed by atoms with Gasteiger partial charge in [0, 0.05) is 5.39 Å². The highest BCUT2D eigenvalue weighted by Crippen LogP contribution is 2.27. The Morgan fingerprint density at radius 1 is 1.16 bits per heavy atom. The molecule has 0 bridgehead atoms. The van der Waals surface area contributed by atoms with E-state index in [9.17, 15) is 9.59 Å². The van der Waals surface area contributed by atoms with Crippen molar-refractivity contribution < 1.29 is 13.9 Å². The molecule has 0 saturated carbocycles. The lowest BCUT2D eigenvalue weighted by atomic mass is 10.1. The molecule has 0 atom stereocenters. The first-order valence-electron chi connectivity index (χ1n) is 7.82. The summed E-state index contributed by atoms with van der Waals surface area (Å²) in [4.78, 5) is 29.0. The fourth-order valence-electron chi connectivity index (χ4n) is 2.90. The van der Waals surface area contributed by atoms with Gasteiger partial charge in [-0.25, -0.2) is 4.79 Å². The number of benzene rings is 2. The second-order valence-corrected chi connectivity index (χ2v) is 5.59. The summed E-state index contributed by atoms with van der Waals surface area (Å²) in [6.07, 6.45) is 0. The Kier molecular flexibility index (Phi) is 3.39. The number of aromatic nitrogens is 1. The highest BCUT2D eigenvalue weighted by molar-refractivity contribution is 6.07. The minimum absolute atomic E-state index is 0.0336. The summed E-state index contributed by atoms with van der Waals surface area (Å²) in [7, 11) is 0. The summed E-state index contributed by atoms with van der Waals surface area (Å²) >= 11 is 0. The van der Waals surface area contributed by atoms with E-state index in [-0.39, 0.29) is 34.5 Å². The Morgan fingerprint density at radius 3 is 2.76 bits per heavy atom. The molecule has 2 aromatic carbocycles. The number of nitrogen functional groups attached to an aromatic ring is 1. The number of fused-ring (bicyclic) bond motifs is 4. The molecule has 2 heterocycles. The number of nitrogens with zero attached hydrogens (tertiary/aromatic N) is 1. The zero-order chi connectivity index (χ0) is 17.6. The van der Waals surface area contributed by atoms with E-state index < -0.39 is 5.97 Å². The standard InChI is InChI=1S/C19H14N2O4/c1-2-24-19(23)14-9-13-15(22)12-8-7-10-5-3-4-6-11(10)16(12)25-18(13)21-17(14)20/h3-9H,2H2,1H3,(H2,20,21). The topological polar surface area (TPSA) is 95.4 Å². The van der Waals surface area contributed by atoms with Gasteiger partial charge in [-0.15, -0.1) is 0 Å². The van der Waals surface area contributed by atoms with Crippen LogP contribution in [-0.4, -0.2) is 17.6 Å². The summed E-state index contributed by atoms with van der Waals surface area (Å²) in [6, 6.07) is 12.6. The van der Waals surface area contributed by atoms with Gasteiger partial charge in [0.25, 0.3) is 0 Å². The molecule has 0 aliphatic rings. The molecule has 0 aliphatic heterocycles. The van der Waals surface area contributed by atoms with Crippen LogP contribution in [0.25, 0.3) is 32.8 Å². The molecular formula is C19H14N2O4. The Hall–Kier alpha value is -3.41. The third kappa shape index (κ3) is 2.30. The van der Waals surface area contributed by atoms with E-state index in [0.717, 1.165) is 10.8 Å². The number of ether oxygens (including phenoxy) is 1. The molecule has 4 aromatic rings. The lowest BCUT2D eigenvalue weighted by molar-refractivity contribution is 0.0527. The van der Waals surface area contributed by atoms with Crippen LogP contribution >= 0.6 is 0 Å². The minimum atomic E-state index is -0.618. The fraction of sp³-hybridized carbons (Fsp3) is 0.105. The quantitative estimate of drug-likeness (QED) is 0.343. The van der Waals surface area contributed by atoms with Crippen LogP contribution in [0, 0.1) is 0 Å². The van der Waals surface area contributed by atoms with Crippen LogP contribution < -0.4 is 11.2 Å². The van der Waals surface area contributed by atoms with Crippen molar-refractivity contribution in [2.45, 2.75) is 6.92 Å². The van der Waals surface area contributed by atoms with E-state index in [4.69, 9.17) is 14.9 Å². The first kappa shape index (κ1) is 15.1. The van der Waals surface area contributed by atoms with Gasteiger partial charge in [0.15, 0.2) is 0 Å². The average molecular weight is 334 g/mol. The van der Waals surface area contributed by atoms with Crippen LogP contribution in [0.3, 0.4) is 0 Å². The highest BCUT2D eigenvalue weighted by atomic mass is 16.5. The second-order valence-electron chi connectivity index (χ2n) is 5.59. The van der Waals surface area contributed by atoms with Gasteiger partial charge < -0.3 is 14.9 Å². The lowest BCUT2D eigenvalue weighted by Crippen LogP contribution is -2.12. The first-order chi connectivity index (χ1) is 12.1. The van der Waals surface area contributed by atoms with Gasteiger partial charge in [-0.2, -0.15) is 4.98 Å². The number of carbonyl (C=O) groups excluding carboxylic acids is 1. The molecule has 0 saturated heterocycles. The van der Waals surface area contributed by atoms with E-state index in [1.807, 2.05) is 30.3 Å². The predicted molar refractivity (Wildman–Crippen MR) is 95.7 cm³/mol. The van der Waals surface area contributed by atoms with Crippen LogP contribution in [0.2, 0.25) is 0 Å². The summed E-state index contributed by atoms with van der Waals surface area (Å²) in [5.74, 6) is -0.652. The molecule has 0 fully saturated rings. The minimum Gasteiger partial charge on any atom is -0.462 e. The number of anilines is 1. The number of hydrogen-bond donors (Lipinski definition) is 1. The zero-order valence-corrected chi connectivity index (χ0v) is 13.4. The average Bonchev–Trinajstić information content (AvgIpc) is 2.61. The molecule has 6 heteroatoms. The molecule has 2 aromatic heterocycles. The van der Waals surface area contributed by atoms with Crippen LogP contribution in [-0.2, 0) is 4.74 Å². The molecule has 2 N–H and O–H groups in total. The van der Waals surface area contributed by atoms with Crippen LogP contribution in [0.5, 0.6) is 0 Å². The predicted octanol–water partition coefficient (Wildman–Crippen LogP) is 3.25. The zero-order valence-electron chi connectivity index (χ0n) is 13.4. The van der Waals surface area contributed by atoms with Crippen molar-refractivity contribution in [2.24, 2.45) is 0 Å². The van der Waals surface area contributed by atoms with Crippen LogP contribution in [0.4, 0.5) is 5.82 Å². The second kappa shape index (κ2) is 5.59. The first-order valence-corrected chi connectivity index (χ1v) is 7.82. The van der Waals surface area contributed by atoms with Crippen molar-refractivity contribution in [1.29, 1.82) is 0 Å². The molecule has 0 amide bonds. The maximum absolute atomic E-state index is 12.9. The summed E-state index contributed by atoms with van der Waals surface area (Å²) in [5, 5.41) is 2.38. The maximum Gasteiger partial charge on any atom is 0.341 e. The number of carbonyl (C=O) groups is 1. The van der Waals surface area contributed by atoms with Gasteiger partial charge in [-0.3, -0.25) is 4.79 Å². The molecule has 0 radical (unpaired) electrons. The van der Waals surface area contributed by atoms with Crippen LogP contribution in [0.15, 0.2) is 51.7 Å². The molecule has 4 rings (SSSR count). The number of esters is 1. The van der Waals surface area contributed by atoms with E-state index in [1.165, 1.54) is 6.07 Å². The van der Waals surface area contributed by atoms with Crippen molar-refractivity contribution in [3.63, 3.8) is 0 Å². The molecule has 0 aliphatic carbocycles. The fourth-order valence-corrected chi connectivity index (χ4v) is 2.90. The molecule has 6 nitrogen and oxygen atoms in total. The third-order valence-electron chi connectivity index (χ3n) is 4.08. The van der Waals surface area contributed by atoms with E-state index in [1.54, 1.807) is 13.0 Å².